The molecular weight excluding hydrogens is 216 g/mol. The molecule has 7 unspecified atom stereocenters. The molecule has 18 heavy (non-hydrogen) atoms. The van der Waals surface area contributed by atoms with E-state index >= 15 is 0 Å². The summed E-state index contributed by atoms with van der Waals surface area (Å²) in [5, 5.41) is 0. The lowest BCUT2D eigenvalue weighted by molar-refractivity contribution is -0.0582. The minimum atomic E-state index is 0.671. The predicted molar refractivity (Wildman–Crippen MR) is 80.5 cm³/mol. The number of hydrogen-bond acceptors (Lipinski definition) is 0. The molecule has 0 bridgehead atoms. The van der Waals surface area contributed by atoms with Crippen LogP contribution < -0.4 is 0 Å². The Labute approximate surface area is 115 Å². The van der Waals surface area contributed by atoms with Crippen LogP contribution in [0.4, 0.5) is 0 Å². The molecule has 0 aromatic carbocycles. The molecule has 2 aliphatic rings. The minimum Gasteiger partial charge on any atom is -0.0651 e. The van der Waals surface area contributed by atoms with E-state index in [2.05, 4.69) is 41.5 Å². The lowest BCUT2D eigenvalue weighted by atomic mass is 9.50. The van der Waals surface area contributed by atoms with E-state index in [1.54, 1.807) is 0 Å². The average molecular weight is 250 g/mol. The molecule has 0 aromatic rings. The van der Waals surface area contributed by atoms with Crippen molar-refractivity contribution < 1.29 is 0 Å². The Morgan fingerprint density at radius 1 is 1.17 bits per heavy atom. The van der Waals surface area contributed by atoms with Crippen LogP contribution >= 0.6 is 0 Å². The highest BCUT2D eigenvalue weighted by Gasteiger charge is 2.49. The van der Waals surface area contributed by atoms with E-state index in [-0.39, 0.29) is 0 Å². The van der Waals surface area contributed by atoms with Gasteiger partial charge in [0.1, 0.15) is 0 Å². The second-order valence-electron chi connectivity index (χ2n) is 7.96. The number of rotatable bonds is 5. The molecule has 0 aliphatic heterocycles. The van der Waals surface area contributed by atoms with Crippen molar-refractivity contribution >= 4 is 0 Å². The Bertz CT molecular complexity index is 282. The third-order valence-electron chi connectivity index (χ3n) is 6.93. The largest absolute Gasteiger partial charge is 0.0651 e. The first-order valence-corrected chi connectivity index (χ1v) is 8.42. The van der Waals surface area contributed by atoms with Gasteiger partial charge in [-0.2, -0.15) is 0 Å². The highest BCUT2D eigenvalue weighted by molar-refractivity contribution is 4.98. The summed E-state index contributed by atoms with van der Waals surface area (Å²) in [5.41, 5.74) is 0.671. The lowest BCUT2D eigenvalue weighted by Gasteiger charge is -2.55. The van der Waals surface area contributed by atoms with Crippen LogP contribution in [-0.4, -0.2) is 0 Å². The summed E-state index contributed by atoms with van der Waals surface area (Å²) in [4.78, 5) is 0. The van der Waals surface area contributed by atoms with E-state index in [0.717, 1.165) is 35.5 Å². The van der Waals surface area contributed by atoms with Gasteiger partial charge in [-0.3, -0.25) is 0 Å². The van der Waals surface area contributed by atoms with E-state index in [4.69, 9.17) is 0 Å². The molecule has 106 valence electrons. The van der Waals surface area contributed by atoms with Gasteiger partial charge in [-0.25, -0.2) is 0 Å². The first-order chi connectivity index (χ1) is 8.42. The molecule has 0 radical (unpaired) electrons. The van der Waals surface area contributed by atoms with Crippen molar-refractivity contribution in [1.29, 1.82) is 0 Å². The fourth-order valence-electron chi connectivity index (χ4n) is 5.42. The lowest BCUT2D eigenvalue weighted by Crippen LogP contribution is -2.47. The molecule has 0 N–H and O–H groups in total. The average Bonchev–Trinajstić information content (AvgIpc) is 2.32. The summed E-state index contributed by atoms with van der Waals surface area (Å²) in [5.74, 6) is 6.02. The molecule has 2 rings (SSSR count). The molecule has 0 spiro atoms. The first kappa shape index (κ1) is 14.4. The topological polar surface area (TPSA) is 0 Å². The van der Waals surface area contributed by atoms with Gasteiger partial charge in [0.25, 0.3) is 0 Å². The maximum atomic E-state index is 2.54. The summed E-state index contributed by atoms with van der Waals surface area (Å²) in [6.07, 6.45) is 7.26. The zero-order valence-electron chi connectivity index (χ0n) is 13.5. The molecule has 2 fully saturated rings. The molecule has 0 nitrogen and oxygen atoms in total. The molecule has 2 aliphatic carbocycles. The molecule has 0 saturated heterocycles. The highest BCUT2D eigenvalue weighted by Crippen LogP contribution is 2.57. The van der Waals surface area contributed by atoms with Gasteiger partial charge in [0.05, 0.1) is 0 Å². The summed E-state index contributed by atoms with van der Waals surface area (Å²) in [7, 11) is 0. The van der Waals surface area contributed by atoms with E-state index in [9.17, 15) is 0 Å². The molecule has 7 atom stereocenters. The van der Waals surface area contributed by atoms with Crippen LogP contribution in [0.25, 0.3) is 0 Å². The van der Waals surface area contributed by atoms with Gasteiger partial charge < -0.3 is 0 Å². The van der Waals surface area contributed by atoms with Crippen molar-refractivity contribution in [3.05, 3.63) is 0 Å². The van der Waals surface area contributed by atoms with Gasteiger partial charge in [0, 0.05) is 0 Å². The summed E-state index contributed by atoms with van der Waals surface area (Å²) < 4.78 is 0. The summed E-state index contributed by atoms with van der Waals surface area (Å²) in [6.45, 7) is 14.8. The minimum absolute atomic E-state index is 0.671. The third kappa shape index (κ3) is 2.25. The Morgan fingerprint density at radius 3 is 2.28 bits per heavy atom. The van der Waals surface area contributed by atoms with Crippen LogP contribution in [0.3, 0.4) is 0 Å². The van der Waals surface area contributed by atoms with Crippen molar-refractivity contribution in [3.8, 4) is 0 Å². The normalized spacial score (nSPS) is 49.3. The molecular formula is C18H34. The maximum Gasteiger partial charge on any atom is -0.0295 e. The van der Waals surface area contributed by atoms with Crippen LogP contribution in [-0.2, 0) is 0 Å². The van der Waals surface area contributed by atoms with Gasteiger partial charge >= 0.3 is 0 Å². The maximum absolute atomic E-state index is 2.54. The first-order valence-electron chi connectivity index (χ1n) is 8.42. The molecule has 0 heterocycles. The van der Waals surface area contributed by atoms with E-state index in [1.807, 2.05) is 0 Å². The van der Waals surface area contributed by atoms with Gasteiger partial charge in [0.2, 0.25) is 0 Å². The monoisotopic (exact) mass is 250 g/mol. The molecule has 0 amide bonds. The number of hydrogen-bond donors (Lipinski definition) is 0. The van der Waals surface area contributed by atoms with Gasteiger partial charge in [-0.05, 0) is 60.2 Å². The Morgan fingerprint density at radius 2 is 1.83 bits per heavy atom. The van der Waals surface area contributed by atoms with Crippen LogP contribution in [0.15, 0.2) is 0 Å². The van der Waals surface area contributed by atoms with Crippen LogP contribution in [0.1, 0.15) is 73.6 Å². The Balaban J connectivity index is 1.90. The van der Waals surface area contributed by atoms with Crippen molar-refractivity contribution in [2.75, 3.05) is 0 Å². The predicted octanol–water partition coefficient (Wildman–Crippen LogP) is 5.77. The smallest absolute Gasteiger partial charge is 0.0295 e. The van der Waals surface area contributed by atoms with Crippen molar-refractivity contribution in [3.63, 3.8) is 0 Å². The standard InChI is InChI=1S/C18H34/c1-7-15-12(3)9-16(15)13(4)10-17-14(5)11-18(17,6)8-2/h12-17H,7-11H2,1-6H3. The second-order valence-corrected chi connectivity index (χ2v) is 7.96. The zero-order chi connectivity index (χ0) is 13.5. The van der Waals surface area contributed by atoms with Crippen LogP contribution in [0.2, 0.25) is 0 Å². The summed E-state index contributed by atoms with van der Waals surface area (Å²) in [6, 6.07) is 0. The fourth-order valence-corrected chi connectivity index (χ4v) is 5.42. The molecule has 2 saturated carbocycles. The van der Waals surface area contributed by atoms with Crippen molar-refractivity contribution in [2.24, 2.45) is 40.9 Å². The van der Waals surface area contributed by atoms with Crippen LogP contribution in [0.5, 0.6) is 0 Å². The zero-order valence-corrected chi connectivity index (χ0v) is 13.5. The van der Waals surface area contributed by atoms with Crippen molar-refractivity contribution in [2.45, 2.75) is 73.6 Å². The summed E-state index contributed by atoms with van der Waals surface area (Å²) >= 11 is 0. The van der Waals surface area contributed by atoms with Crippen LogP contribution in [0, 0.1) is 40.9 Å². The third-order valence-corrected chi connectivity index (χ3v) is 6.93. The molecule has 0 heteroatoms. The van der Waals surface area contributed by atoms with Gasteiger partial charge in [-0.15, -0.1) is 0 Å². The fraction of sp³-hybridized carbons (Fsp3) is 1.00. The second kappa shape index (κ2) is 5.17. The van der Waals surface area contributed by atoms with Gasteiger partial charge in [0.15, 0.2) is 0 Å². The Kier molecular flexibility index (Phi) is 4.14. The van der Waals surface area contributed by atoms with E-state index in [1.165, 1.54) is 32.1 Å². The quantitative estimate of drug-likeness (QED) is 0.581. The molecule has 0 aromatic heterocycles. The Hall–Kier alpha value is 0. The van der Waals surface area contributed by atoms with Crippen molar-refractivity contribution in [1.82, 2.24) is 0 Å². The SMILES string of the molecule is CCC1C(C)CC1C(C)CC1C(C)CC1(C)CC. The van der Waals surface area contributed by atoms with Gasteiger partial charge in [-0.1, -0.05) is 54.4 Å². The van der Waals surface area contributed by atoms with E-state index < -0.39 is 0 Å². The van der Waals surface area contributed by atoms with E-state index in [0.29, 0.717) is 5.41 Å². The highest BCUT2D eigenvalue weighted by atomic mass is 14.5.